The highest BCUT2D eigenvalue weighted by Crippen LogP contribution is 2.27. The topological polar surface area (TPSA) is 82.4 Å². The van der Waals surface area contributed by atoms with E-state index in [1.165, 1.54) is 6.07 Å². The maximum atomic E-state index is 13.1. The number of hydrogen-bond acceptors (Lipinski definition) is 5. The molecule has 0 saturated heterocycles. The molecule has 7 nitrogen and oxygen atoms in total. The van der Waals surface area contributed by atoms with Crippen LogP contribution >= 0.6 is 0 Å². The second-order valence-electron chi connectivity index (χ2n) is 6.36. The maximum Gasteiger partial charge on any atom is 0.241 e. The molecule has 8 heteroatoms. The minimum absolute atomic E-state index is 0.160. The number of aryl methyl sites for hydroxylation is 2. The molecule has 0 bridgehead atoms. The number of sulfonamides is 1. The lowest BCUT2D eigenvalue weighted by Crippen LogP contribution is -2.31. The van der Waals surface area contributed by atoms with E-state index in [1.54, 1.807) is 62.4 Å². The van der Waals surface area contributed by atoms with Gasteiger partial charge in [-0.05, 0) is 48.4 Å². The molecule has 0 radical (unpaired) electrons. The summed E-state index contributed by atoms with van der Waals surface area (Å²) in [5.41, 5.74) is 1.46. The Labute approximate surface area is 165 Å². The summed E-state index contributed by atoms with van der Waals surface area (Å²) in [5, 5.41) is 0. The van der Waals surface area contributed by atoms with E-state index in [9.17, 15) is 8.42 Å². The van der Waals surface area contributed by atoms with Gasteiger partial charge in [0.05, 0.1) is 19.1 Å². The second-order valence-corrected chi connectivity index (χ2v) is 8.07. The van der Waals surface area contributed by atoms with Gasteiger partial charge in [-0.15, -0.1) is 0 Å². The Kier molecular flexibility index (Phi) is 5.71. The highest BCUT2D eigenvalue weighted by molar-refractivity contribution is 7.89. The van der Waals surface area contributed by atoms with Gasteiger partial charge < -0.3 is 14.0 Å². The lowest BCUT2D eigenvalue weighted by atomic mass is 10.1. The van der Waals surface area contributed by atoms with Gasteiger partial charge in [0.1, 0.15) is 23.4 Å². The summed E-state index contributed by atoms with van der Waals surface area (Å²) in [6, 6.07) is 11.3. The highest BCUT2D eigenvalue weighted by Gasteiger charge is 2.26. The van der Waals surface area contributed by atoms with E-state index < -0.39 is 16.1 Å². The lowest BCUT2D eigenvalue weighted by molar-refractivity contribution is 0.411. The quantitative estimate of drug-likeness (QED) is 0.658. The summed E-state index contributed by atoms with van der Waals surface area (Å²) in [6.07, 6.45) is 3.41. The number of rotatable bonds is 7. The molecule has 2 aromatic carbocycles. The van der Waals surface area contributed by atoms with Crippen molar-refractivity contribution in [3.8, 4) is 11.5 Å². The smallest absolute Gasteiger partial charge is 0.241 e. The van der Waals surface area contributed by atoms with Crippen molar-refractivity contribution >= 4 is 10.0 Å². The zero-order valence-electron chi connectivity index (χ0n) is 16.2. The molecular weight excluding hydrogens is 378 g/mol. The zero-order valence-corrected chi connectivity index (χ0v) is 17.0. The molecule has 1 atom stereocenters. The third-order valence-electron chi connectivity index (χ3n) is 4.49. The van der Waals surface area contributed by atoms with E-state index in [4.69, 9.17) is 9.47 Å². The van der Waals surface area contributed by atoms with Crippen molar-refractivity contribution in [1.82, 2.24) is 14.3 Å². The van der Waals surface area contributed by atoms with Crippen LogP contribution in [0.25, 0.3) is 0 Å². The van der Waals surface area contributed by atoms with Gasteiger partial charge in [0.2, 0.25) is 10.0 Å². The van der Waals surface area contributed by atoms with E-state index >= 15 is 0 Å². The molecule has 0 fully saturated rings. The molecule has 1 aromatic heterocycles. The van der Waals surface area contributed by atoms with Crippen molar-refractivity contribution in [2.45, 2.75) is 17.9 Å². The van der Waals surface area contributed by atoms with Crippen molar-refractivity contribution < 1.29 is 17.9 Å². The fourth-order valence-corrected chi connectivity index (χ4v) is 4.25. The van der Waals surface area contributed by atoms with E-state index in [1.807, 2.05) is 19.2 Å². The molecular formula is C20H23N3O4S. The molecule has 3 aromatic rings. The Morgan fingerprint density at radius 1 is 1.11 bits per heavy atom. The number of imidazole rings is 1. The Morgan fingerprint density at radius 2 is 1.89 bits per heavy atom. The monoisotopic (exact) mass is 401 g/mol. The third kappa shape index (κ3) is 4.02. The lowest BCUT2D eigenvalue weighted by Gasteiger charge is -2.20. The molecule has 0 aliphatic rings. The Morgan fingerprint density at radius 3 is 2.50 bits per heavy atom. The number of nitrogens with one attached hydrogen (secondary N) is 1. The average molecular weight is 401 g/mol. The van der Waals surface area contributed by atoms with Crippen LogP contribution in [0.3, 0.4) is 0 Å². The fourth-order valence-electron chi connectivity index (χ4n) is 2.99. The van der Waals surface area contributed by atoms with Crippen molar-refractivity contribution in [3.05, 3.63) is 71.8 Å². The number of methoxy groups -OCH3 is 2. The first-order chi connectivity index (χ1) is 13.4. The van der Waals surface area contributed by atoms with Crippen molar-refractivity contribution in [1.29, 1.82) is 0 Å². The largest absolute Gasteiger partial charge is 0.497 e. The van der Waals surface area contributed by atoms with E-state index in [2.05, 4.69) is 9.71 Å². The normalized spacial score (nSPS) is 12.6. The number of hydrogen-bond donors (Lipinski definition) is 1. The maximum absolute atomic E-state index is 13.1. The fraction of sp³-hybridized carbons (Fsp3) is 0.250. The number of benzene rings is 2. The van der Waals surface area contributed by atoms with Crippen LogP contribution in [0.1, 0.15) is 23.0 Å². The molecule has 28 heavy (non-hydrogen) atoms. The van der Waals surface area contributed by atoms with Gasteiger partial charge in [0.25, 0.3) is 0 Å². The Balaban J connectivity index is 2.04. The van der Waals surface area contributed by atoms with Crippen molar-refractivity contribution in [3.63, 3.8) is 0 Å². The van der Waals surface area contributed by atoms with Crippen LogP contribution < -0.4 is 14.2 Å². The molecule has 148 valence electrons. The molecule has 1 N–H and O–H groups in total. The first-order valence-corrected chi connectivity index (χ1v) is 10.1. The SMILES string of the molecule is COc1cccc([C@@H](NS(=O)(=O)c2ccc(OC)c(C)c2)c2nccn2C)c1. The summed E-state index contributed by atoms with van der Waals surface area (Å²) < 4.78 is 41.3. The van der Waals surface area contributed by atoms with Gasteiger partial charge in [-0.25, -0.2) is 13.4 Å². The molecule has 0 spiro atoms. The number of ether oxygens (including phenoxy) is 2. The predicted molar refractivity (Wildman–Crippen MR) is 106 cm³/mol. The summed E-state index contributed by atoms with van der Waals surface area (Å²) in [5.74, 6) is 1.84. The molecule has 0 amide bonds. The van der Waals surface area contributed by atoms with Gasteiger partial charge in [-0.2, -0.15) is 4.72 Å². The number of aromatic nitrogens is 2. The van der Waals surface area contributed by atoms with Gasteiger partial charge in [-0.3, -0.25) is 0 Å². The van der Waals surface area contributed by atoms with Gasteiger partial charge >= 0.3 is 0 Å². The highest BCUT2D eigenvalue weighted by atomic mass is 32.2. The minimum Gasteiger partial charge on any atom is -0.497 e. The van der Waals surface area contributed by atoms with Gasteiger partial charge in [0.15, 0.2) is 0 Å². The van der Waals surface area contributed by atoms with Crippen LogP contribution in [-0.4, -0.2) is 32.2 Å². The predicted octanol–water partition coefficient (Wildman–Crippen LogP) is 2.81. The Hall–Kier alpha value is -2.84. The van der Waals surface area contributed by atoms with Crippen LogP contribution in [0.2, 0.25) is 0 Å². The first-order valence-electron chi connectivity index (χ1n) is 8.64. The van der Waals surface area contributed by atoms with Crippen LogP contribution in [0.5, 0.6) is 11.5 Å². The molecule has 0 aliphatic carbocycles. The molecule has 0 saturated carbocycles. The van der Waals surface area contributed by atoms with Crippen molar-refractivity contribution in [2.24, 2.45) is 7.05 Å². The van der Waals surface area contributed by atoms with Crippen LogP contribution in [0, 0.1) is 6.92 Å². The van der Waals surface area contributed by atoms with E-state index in [-0.39, 0.29) is 4.90 Å². The standard InChI is InChI=1S/C20H23N3O4S/c1-14-12-17(8-9-18(14)27-4)28(24,25)22-19(20-21-10-11-23(20)2)15-6-5-7-16(13-15)26-3/h5-13,19,22H,1-4H3/t19-/m1/s1. The van der Waals surface area contributed by atoms with Crippen LogP contribution in [0.4, 0.5) is 0 Å². The third-order valence-corrected chi connectivity index (χ3v) is 5.91. The van der Waals surface area contributed by atoms with E-state index in [0.29, 0.717) is 17.3 Å². The van der Waals surface area contributed by atoms with Gasteiger partial charge in [-0.1, -0.05) is 12.1 Å². The summed E-state index contributed by atoms with van der Waals surface area (Å²) in [6.45, 7) is 1.80. The molecule has 1 heterocycles. The Bertz CT molecular complexity index is 1080. The van der Waals surface area contributed by atoms with Gasteiger partial charge in [0, 0.05) is 19.4 Å². The first kappa shape index (κ1) is 19.9. The minimum atomic E-state index is -3.82. The molecule has 0 unspecified atom stereocenters. The second kappa shape index (κ2) is 8.04. The number of nitrogens with zero attached hydrogens (tertiary/aromatic N) is 2. The average Bonchev–Trinajstić information content (AvgIpc) is 3.11. The summed E-state index contributed by atoms with van der Waals surface area (Å²) in [7, 11) is 1.12. The summed E-state index contributed by atoms with van der Waals surface area (Å²) >= 11 is 0. The summed E-state index contributed by atoms with van der Waals surface area (Å²) in [4.78, 5) is 4.51. The van der Waals surface area contributed by atoms with Crippen LogP contribution in [0.15, 0.2) is 59.8 Å². The van der Waals surface area contributed by atoms with Crippen molar-refractivity contribution in [2.75, 3.05) is 14.2 Å². The molecule has 3 rings (SSSR count). The zero-order chi connectivity index (χ0) is 20.3. The van der Waals surface area contributed by atoms with E-state index in [0.717, 1.165) is 11.1 Å². The van der Waals surface area contributed by atoms with Crippen LogP contribution in [-0.2, 0) is 17.1 Å². The molecule has 0 aliphatic heterocycles.